The Balaban J connectivity index is 3.50. The molecule has 0 saturated heterocycles. The van der Waals surface area contributed by atoms with Crippen LogP contribution in [0.3, 0.4) is 0 Å². The zero-order valence-corrected chi connectivity index (χ0v) is 5.26. The third-order valence-corrected chi connectivity index (χ3v) is 0.494. The Kier molecular flexibility index (Phi) is 3.76. The van der Waals surface area contributed by atoms with E-state index in [0.29, 0.717) is 0 Å². The smallest absolute Gasteiger partial charge is 0.115 e. The molecule has 0 N–H and O–H groups in total. The number of nitrogens with zero attached hydrogens (tertiary/aromatic N) is 2. The third kappa shape index (κ3) is 5.08. The van der Waals surface area contributed by atoms with Gasteiger partial charge in [-0.15, -0.1) is 0 Å². The number of aliphatic imine (C=N–C) groups is 2. The Hall–Kier alpha value is -0.920. The molecule has 0 aliphatic heterocycles. The summed E-state index contributed by atoms with van der Waals surface area (Å²) >= 11 is 0. The van der Waals surface area contributed by atoms with Gasteiger partial charge in [-0.3, -0.25) is 0 Å². The van der Waals surface area contributed by atoms with Crippen LogP contribution in [0.2, 0.25) is 0 Å². The van der Waals surface area contributed by atoms with Crippen molar-refractivity contribution in [2.24, 2.45) is 9.98 Å². The monoisotopic (exact) mass is 110 g/mol. The molecule has 0 rings (SSSR count). The van der Waals surface area contributed by atoms with E-state index in [0.717, 1.165) is 5.70 Å². The van der Waals surface area contributed by atoms with Gasteiger partial charge in [0.2, 0.25) is 0 Å². The molecule has 0 amide bonds. The van der Waals surface area contributed by atoms with Crippen molar-refractivity contribution in [3.05, 3.63) is 12.3 Å². The second-order valence-electron chi connectivity index (χ2n) is 1.39. The average Bonchev–Trinajstić information content (AvgIpc) is 1.66. The van der Waals surface area contributed by atoms with Crippen LogP contribution in [0.5, 0.6) is 0 Å². The summed E-state index contributed by atoms with van der Waals surface area (Å²) in [6, 6.07) is 0. The van der Waals surface area contributed by atoms with Gasteiger partial charge in [-0.1, -0.05) is 6.58 Å². The van der Waals surface area contributed by atoms with E-state index in [1.807, 2.05) is 13.8 Å². The Bertz CT molecular complexity index is 122. The first-order valence-electron chi connectivity index (χ1n) is 2.43. The van der Waals surface area contributed by atoms with Crippen LogP contribution < -0.4 is 0 Å². The molecule has 0 aromatic rings. The summed E-state index contributed by atoms with van der Waals surface area (Å²) in [4.78, 5) is 7.53. The first-order chi connectivity index (χ1) is 3.77. The van der Waals surface area contributed by atoms with Crippen LogP contribution in [0.4, 0.5) is 0 Å². The van der Waals surface area contributed by atoms with E-state index in [1.165, 1.54) is 6.34 Å². The fraction of sp³-hybridized carbons (Fsp3) is 0.333. The van der Waals surface area contributed by atoms with Crippen LogP contribution in [0.1, 0.15) is 13.8 Å². The molecule has 0 aromatic heterocycles. The molecule has 0 aromatic carbocycles. The van der Waals surface area contributed by atoms with Gasteiger partial charge in [-0.05, 0) is 13.8 Å². The second-order valence-corrected chi connectivity index (χ2v) is 1.39. The molecule has 0 bridgehead atoms. The molecule has 0 atom stereocenters. The molecular weight excluding hydrogens is 100 g/mol. The average molecular weight is 110 g/mol. The predicted octanol–water partition coefficient (Wildman–Crippen LogP) is 1.64. The van der Waals surface area contributed by atoms with Crippen LogP contribution in [0.15, 0.2) is 22.3 Å². The van der Waals surface area contributed by atoms with Crippen molar-refractivity contribution < 1.29 is 0 Å². The molecular formula is C6H10N2. The highest BCUT2D eigenvalue weighted by molar-refractivity contribution is 5.70. The predicted molar refractivity (Wildman–Crippen MR) is 37.5 cm³/mol. The molecule has 44 valence electrons. The van der Waals surface area contributed by atoms with Gasteiger partial charge in [-0.2, -0.15) is 0 Å². The summed E-state index contributed by atoms with van der Waals surface area (Å²) in [6.45, 7) is 7.21. The van der Waals surface area contributed by atoms with E-state index in [1.54, 1.807) is 6.21 Å². The minimum atomic E-state index is 0.774. The summed E-state index contributed by atoms with van der Waals surface area (Å²) in [6.07, 6.45) is 3.15. The van der Waals surface area contributed by atoms with Gasteiger partial charge in [0.15, 0.2) is 0 Å². The van der Waals surface area contributed by atoms with Crippen LogP contribution >= 0.6 is 0 Å². The molecule has 2 nitrogen and oxygen atoms in total. The van der Waals surface area contributed by atoms with E-state index >= 15 is 0 Å². The summed E-state index contributed by atoms with van der Waals surface area (Å²) in [5.41, 5.74) is 0.774. The van der Waals surface area contributed by atoms with Gasteiger partial charge in [0, 0.05) is 11.9 Å². The standard InChI is InChI=1S/C6H10N2/c1-4-7-5-8-6(2)3/h4-5H,2H2,1,3H3. The second kappa shape index (κ2) is 4.24. The normalized spacial score (nSPS) is 11.2. The van der Waals surface area contributed by atoms with E-state index in [9.17, 15) is 0 Å². The Morgan fingerprint density at radius 3 is 2.62 bits per heavy atom. The molecule has 0 saturated carbocycles. The summed E-state index contributed by atoms with van der Waals surface area (Å²) in [5, 5.41) is 0. The Labute approximate surface area is 49.7 Å². The zero-order valence-electron chi connectivity index (χ0n) is 5.26. The van der Waals surface area contributed by atoms with E-state index in [2.05, 4.69) is 16.6 Å². The maximum atomic E-state index is 3.80. The number of rotatable bonds is 2. The molecule has 0 unspecified atom stereocenters. The van der Waals surface area contributed by atoms with Crippen molar-refractivity contribution in [3.63, 3.8) is 0 Å². The van der Waals surface area contributed by atoms with Crippen LogP contribution in [0.25, 0.3) is 0 Å². The maximum absolute atomic E-state index is 3.80. The van der Waals surface area contributed by atoms with Crippen molar-refractivity contribution in [1.82, 2.24) is 0 Å². The van der Waals surface area contributed by atoms with Crippen molar-refractivity contribution >= 4 is 12.6 Å². The summed E-state index contributed by atoms with van der Waals surface area (Å²) in [5.74, 6) is 0. The maximum Gasteiger partial charge on any atom is 0.115 e. The van der Waals surface area contributed by atoms with E-state index in [-0.39, 0.29) is 0 Å². The van der Waals surface area contributed by atoms with Crippen molar-refractivity contribution in [1.29, 1.82) is 0 Å². The van der Waals surface area contributed by atoms with Crippen LogP contribution in [-0.4, -0.2) is 12.6 Å². The molecule has 0 aliphatic carbocycles. The van der Waals surface area contributed by atoms with Crippen molar-refractivity contribution in [2.45, 2.75) is 13.8 Å². The lowest BCUT2D eigenvalue weighted by atomic mass is 10.6. The van der Waals surface area contributed by atoms with E-state index in [4.69, 9.17) is 0 Å². The highest BCUT2D eigenvalue weighted by Crippen LogP contribution is 1.83. The number of hydrogen-bond acceptors (Lipinski definition) is 1. The molecule has 0 radical (unpaired) electrons. The van der Waals surface area contributed by atoms with E-state index < -0.39 is 0 Å². The lowest BCUT2D eigenvalue weighted by molar-refractivity contribution is 1.33. The topological polar surface area (TPSA) is 24.7 Å². The minimum absolute atomic E-state index is 0.774. The van der Waals surface area contributed by atoms with Crippen molar-refractivity contribution in [3.8, 4) is 0 Å². The SMILES string of the molecule is C=C(C)N=CN=CC. The number of hydrogen-bond donors (Lipinski definition) is 0. The fourth-order valence-electron chi connectivity index (χ4n) is 0.199. The van der Waals surface area contributed by atoms with Gasteiger partial charge in [0.1, 0.15) is 6.34 Å². The highest BCUT2D eigenvalue weighted by Gasteiger charge is 1.67. The van der Waals surface area contributed by atoms with Gasteiger partial charge in [0.25, 0.3) is 0 Å². The number of allylic oxidation sites excluding steroid dienone is 1. The van der Waals surface area contributed by atoms with Gasteiger partial charge >= 0.3 is 0 Å². The van der Waals surface area contributed by atoms with Crippen molar-refractivity contribution in [2.75, 3.05) is 0 Å². The quantitative estimate of drug-likeness (QED) is 0.381. The summed E-state index contributed by atoms with van der Waals surface area (Å²) < 4.78 is 0. The molecule has 0 fully saturated rings. The molecule has 0 spiro atoms. The lowest BCUT2D eigenvalue weighted by Crippen LogP contribution is -1.67. The Morgan fingerprint density at radius 1 is 1.62 bits per heavy atom. The molecule has 2 heteroatoms. The lowest BCUT2D eigenvalue weighted by Gasteiger charge is -1.78. The Morgan fingerprint density at radius 2 is 2.25 bits per heavy atom. The zero-order chi connectivity index (χ0) is 6.41. The van der Waals surface area contributed by atoms with Gasteiger partial charge in [0.05, 0.1) is 0 Å². The minimum Gasteiger partial charge on any atom is -0.250 e. The van der Waals surface area contributed by atoms with Gasteiger partial charge < -0.3 is 0 Å². The first-order valence-corrected chi connectivity index (χ1v) is 2.43. The fourth-order valence-corrected chi connectivity index (χ4v) is 0.199. The molecule has 0 aliphatic rings. The molecule has 8 heavy (non-hydrogen) atoms. The summed E-state index contributed by atoms with van der Waals surface area (Å²) in [7, 11) is 0. The largest absolute Gasteiger partial charge is 0.250 e. The molecule has 0 heterocycles. The third-order valence-electron chi connectivity index (χ3n) is 0.494. The first kappa shape index (κ1) is 7.08. The van der Waals surface area contributed by atoms with Crippen LogP contribution in [-0.2, 0) is 0 Å². The van der Waals surface area contributed by atoms with Crippen LogP contribution in [0, 0.1) is 0 Å². The highest BCUT2D eigenvalue weighted by atomic mass is 14.8. The van der Waals surface area contributed by atoms with Gasteiger partial charge in [-0.25, -0.2) is 9.98 Å².